The first-order valence-corrected chi connectivity index (χ1v) is 9.31. The van der Waals surface area contributed by atoms with Crippen LogP contribution in [0.2, 0.25) is 0 Å². The Bertz CT molecular complexity index is 1150. The summed E-state index contributed by atoms with van der Waals surface area (Å²) < 4.78 is 17.8. The van der Waals surface area contributed by atoms with Gasteiger partial charge in [0.25, 0.3) is 0 Å². The average molecular weight is 394 g/mol. The molecule has 7 nitrogen and oxygen atoms in total. The molecule has 0 saturated carbocycles. The second-order valence-corrected chi connectivity index (χ2v) is 6.79. The van der Waals surface area contributed by atoms with Crippen LogP contribution in [0.25, 0.3) is 28.5 Å². The molecule has 0 N–H and O–H groups in total. The van der Waals surface area contributed by atoms with Gasteiger partial charge in [-0.05, 0) is 36.4 Å². The fourth-order valence-electron chi connectivity index (χ4n) is 2.82. The van der Waals surface area contributed by atoms with Gasteiger partial charge in [0.15, 0.2) is 17.3 Å². The lowest BCUT2D eigenvalue weighted by Gasteiger charge is -2.08. The summed E-state index contributed by atoms with van der Waals surface area (Å²) in [5.74, 6) is 2.74. The molecule has 0 spiro atoms. The van der Waals surface area contributed by atoms with E-state index in [0.29, 0.717) is 22.3 Å². The van der Waals surface area contributed by atoms with Crippen LogP contribution in [0.4, 0.5) is 0 Å². The fourth-order valence-corrected chi connectivity index (χ4v) is 3.56. The highest BCUT2D eigenvalue weighted by Gasteiger charge is 2.15. The van der Waals surface area contributed by atoms with Crippen molar-refractivity contribution in [2.75, 3.05) is 21.3 Å². The van der Waals surface area contributed by atoms with E-state index in [4.69, 9.17) is 14.2 Å². The molecule has 0 bridgehead atoms. The van der Waals surface area contributed by atoms with E-state index in [1.54, 1.807) is 25.8 Å². The van der Waals surface area contributed by atoms with Crippen molar-refractivity contribution in [3.63, 3.8) is 0 Å². The number of benzene rings is 2. The van der Waals surface area contributed by atoms with E-state index in [9.17, 15) is 0 Å². The van der Waals surface area contributed by atoms with Crippen LogP contribution in [0.15, 0.2) is 42.5 Å². The maximum atomic E-state index is 5.38. The zero-order valence-electron chi connectivity index (χ0n) is 15.6. The van der Waals surface area contributed by atoms with Gasteiger partial charge in [0.1, 0.15) is 10.8 Å². The molecule has 0 amide bonds. The molecule has 2 aromatic carbocycles. The molecule has 8 heteroatoms. The molecular weight excluding hydrogens is 376 g/mol. The number of methoxy groups -OCH3 is 3. The third-order valence-electron chi connectivity index (χ3n) is 4.19. The third kappa shape index (κ3) is 3.29. The SMILES string of the molecule is COc1ccccc1/C=C/c1nn2c(-c3ccc(OC)c(OC)c3)nnc2s1. The van der Waals surface area contributed by atoms with Gasteiger partial charge < -0.3 is 14.2 Å². The van der Waals surface area contributed by atoms with E-state index in [0.717, 1.165) is 21.9 Å². The first kappa shape index (κ1) is 18.0. The van der Waals surface area contributed by atoms with Crippen LogP contribution in [-0.4, -0.2) is 41.1 Å². The first-order valence-electron chi connectivity index (χ1n) is 8.49. The summed E-state index contributed by atoms with van der Waals surface area (Å²) in [5.41, 5.74) is 1.83. The highest BCUT2D eigenvalue weighted by molar-refractivity contribution is 7.17. The van der Waals surface area contributed by atoms with E-state index < -0.39 is 0 Å². The van der Waals surface area contributed by atoms with Gasteiger partial charge >= 0.3 is 0 Å². The minimum absolute atomic E-state index is 0.628. The van der Waals surface area contributed by atoms with Gasteiger partial charge in [0.05, 0.1) is 21.3 Å². The Kier molecular flexibility index (Phi) is 4.94. The molecule has 142 valence electrons. The molecule has 4 aromatic rings. The van der Waals surface area contributed by atoms with Crippen LogP contribution in [0.5, 0.6) is 17.2 Å². The second kappa shape index (κ2) is 7.69. The molecule has 0 saturated heterocycles. The molecule has 2 heterocycles. The number of hydrogen-bond donors (Lipinski definition) is 0. The monoisotopic (exact) mass is 394 g/mol. The standard InChI is InChI=1S/C20H18N4O3S/c1-25-15-7-5-4-6-13(15)9-11-18-23-24-19(21-22-20(24)28-18)14-8-10-16(26-2)17(12-14)27-3/h4-12H,1-3H3/b11-9+. The normalized spacial score (nSPS) is 11.2. The summed E-state index contributed by atoms with van der Waals surface area (Å²) in [6.07, 6.45) is 3.91. The maximum absolute atomic E-state index is 5.38. The van der Waals surface area contributed by atoms with Crippen molar-refractivity contribution < 1.29 is 14.2 Å². The Morgan fingerprint density at radius 2 is 1.64 bits per heavy atom. The van der Waals surface area contributed by atoms with Crippen molar-refractivity contribution in [3.05, 3.63) is 53.0 Å². The highest BCUT2D eigenvalue weighted by Crippen LogP contribution is 2.32. The van der Waals surface area contributed by atoms with E-state index in [1.165, 1.54) is 11.3 Å². The van der Waals surface area contributed by atoms with Gasteiger partial charge in [-0.1, -0.05) is 29.5 Å². The van der Waals surface area contributed by atoms with Crippen molar-refractivity contribution in [3.8, 4) is 28.6 Å². The van der Waals surface area contributed by atoms with E-state index in [1.807, 2.05) is 54.6 Å². The average Bonchev–Trinajstić information content (AvgIpc) is 3.32. The molecule has 0 aliphatic heterocycles. The number of nitrogens with zero attached hydrogens (tertiary/aromatic N) is 4. The van der Waals surface area contributed by atoms with Crippen molar-refractivity contribution in [2.45, 2.75) is 0 Å². The zero-order valence-corrected chi connectivity index (χ0v) is 16.4. The van der Waals surface area contributed by atoms with Crippen molar-refractivity contribution in [2.24, 2.45) is 0 Å². The van der Waals surface area contributed by atoms with Gasteiger partial charge in [-0.15, -0.1) is 10.2 Å². The highest BCUT2D eigenvalue weighted by atomic mass is 32.1. The van der Waals surface area contributed by atoms with Gasteiger partial charge in [0, 0.05) is 11.1 Å². The molecule has 0 atom stereocenters. The summed E-state index contributed by atoms with van der Waals surface area (Å²) in [7, 11) is 4.86. The number of hydrogen-bond acceptors (Lipinski definition) is 7. The van der Waals surface area contributed by atoms with Gasteiger partial charge in [-0.3, -0.25) is 0 Å². The molecule has 28 heavy (non-hydrogen) atoms. The lowest BCUT2D eigenvalue weighted by atomic mass is 10.2. The number of rotatable bonds is 6. The van der Waals surface area contributed by atoms with Crippen LogP contribution in [0.1, 0.15) is 10.6 Å². The predicted molar refractivity (Wildman–Crippen MR) is 109 cm³/mol. The van der Waals surface area contributed by atoms with Gasteiger partial charge in [0.2, 0.25) is 4.96 Å². The van der Waals surface area contributed by atoms with Gasteiger partial charge in [-0.25, -0.2) is 0 Å². The van der Waals surface area contributed by atoms with Gasteiger partial charge in [-0.2, -0.15) is 9.61 Å². The molecule has 4 rings (SSSR count). The summed E-state index contributed by atoms with van der Waals surface area (Å²) >= 11 is 1.46. The molecule has 0 aliphatic carbocycles. The summed E-state index contributed by atoms with van der Waals surface area (Å²) in [6, 6.07) is 13.4. The molecule has 0 aliphatic rings. The van der Waals surface area contributed by atoms with Crippen LogP contribution in [0.3, 0.4) is 0 Å². The van der Waals surface area contributed by atoms with Crippen molar-refractivity contribution in [1.29, 1.82) is 0 Å². The number of ether oxygens (including phenoxy) is 3. The smallest absolute Gasteiger partial charge is 0.235 e. The predicted octanol–water partition coefficient (Wildman–Crippen LogP) is 4.05. The third-order valence-corrected chi connectivity index (χ3v) is 5.06. The summed E-state index contributed by atoms with van der Waals surface area (Å²) in [5, 5.41) is 13.9. The van der Waals surface area contributed by atoms with E-state index in [2.05, 4.69) is 15.3 Å². The second-order valence-electron chi connectivity index (χ2n) is 5.80. The van der Waals surface area contributed by atoms with Crippen LogP contribution >= 0.6 is 11.3 Å². The minimum Gasteiger partial charge on any atom is -0.496 e. The fraction of sp³-hybridized carbons (Fsp3) is 0.150. The Morgan fingerprint density at radius 1 is 0.857 bits per heavy atom. The van der Waals surface area contributed by atoms with Crippen molar-refractivity contribution >= 4 is 28.4 Å². The lowest BCUT2D eigenvalue weighted by molar-refractivity contribution is 0.355. The Labute approximate surface area is 165 Å². The van der Waals surface area contributed by atoms with Crippen LogP contribution in [-0.2, 0) is 0 Å². The Balaban J connectivity index is 1.68. The van der Waals surface area contributed by atoms with Crippen LogP contribution in [0, 0.1) is 0 Å². The zero-order chi connectivity index (χ0) is 19.5. The summed E-state index contributed by atoms with van der Waals surface area (Å²) in [6.45, 7) is 0. The Hall–Kier alpha value is -3.39. The van der Waals surface area contributed by atoms with Crippen molar-refractivity contribution in [1.82, 2.24) is 19.8 Å². The summed E-state index contributed by atoms with van der Waals surface area (Å²) in [4.78, 5) is 0.712. The number of para-hydroxylation sites is 1. The van der Waals surface area contributed by atoms with E-state index in [-0.39, 0.29) is 0 Å². The topological polar surface area (TPSA) is 70.8 Å². The lowest BCUT2D eigenvalue weighted by Crippen LogP contribution is -1.94. The molecule has 2 aromatic heterocycles. The van der Waals surface area contributed by atoms with Crippen LogP contribution < -0.4 is 14.2 Å². The quantitative estimate of drug-likeness (QED) is 0.491. The van der Waals surface area contributed by atoms with E-state index >= 15 is 0 Å². The molecular formula is C20H18N4O3S. The minimum atomic E-state index is 0.628. The first-order chi connectivity index (χ1) is 13.7. The Morgan fingerprint density at radius 3 is 2.43 bits per heavy atom. The number of aromatic nitrogens is 4. The molecule has 0 unspecified atom stereocenters. The maximum Gasteiger partial charge on any atom is 0.235 e. The molecule has 0 fully saturated rings. The number of fused-ring (bicyclic) bond motifs is 1. The molecule has 0 radical (unpaired) electrons. The largest absolute Gasteiger partial charge is 0.496 e.